The second-order valence-corrected chi connectivity index (χ2v) is 11.0. The third-order valence-corrected chi connectivity index (χ3v) is 7.99. The Morgan fingerprint density at radius 2 is 1.29 bits per heavy atom. The van der Waals surface area contributed by atoms with Gasteiger partial charge >= 0.3 is 11.9 Å². The van der Waals surface area contributed by atoms with Gasteiger partial charge in [-0.1, -0.05) is 0 Å². The molecule has 45 heavy (non-hydrogen) atoms. The molecule has 0 spiro atoms. The van der Waals surface area contributed by atoms with Crippen molar-refractivity contribution in [2.75, 3.05) is 38.3 Å². The lowest BCUT2D eigenvalue weighted by Gasteiger charge is -2.43. The van der Waals surface area contributed by atoms with Crippen molar-refractivity contribution in [3.63, 3.8) is 0 Å². The number of nitrogen functional groups attached to an aromatic ring is 2. The molecule has 2 aromatic rings. The summed E-state index contributed by atoms with van der Waals surface area (Å²) < 4.78 is 27.8. The number of nitrogens with two attached hydrogens (primary N) is 3. The van der Waals surface area contributed by atoms with Gasteiger partial charge in [-0.3, -0.25) is 0 Å². The molecular weight excluding hydrogens is 598 g/mol. The molecule has 0 amide bonds. The van der Waals surface area contributed by atoms with E-state index in [1.165, 1.54) is 36.4 Å². The minimum absolute atomic E-state index is 0.151. The Morgan fingerprint density at radius 1 is 0.778 bits per heavy atom. The summed E-state index contributed by atoms with van der Waals surface area (Å²) >= 11 is 0. The van der Waals surface area contributed by atoms with Crippen molar-refractivity contribution in [3.05, 3.63) is 47.5 Å². The maximum Gasteiger partial charge on any atom is 0.342 e. The van der Waals surface area contributed by atoms with Crippen LogP contribution >= 0.6 is 0 Å². The normalized spacial score (nSPS) is 31.7. The number of hydrogen-bond acceptors (Lipinski definition) is 15. The Balaban J connectivity index is 1.39. The molecule has 2 fully saturated rings. The number of phenolic OH excluding ortho intramolecular Hbond substituents is 2. The summed E-state index contributed by atoms with van der Waals surface area (Å²) in [7, 11) is 1.77. The molecule has 2 aliphatic rings. The zero-order valence-corrected chi connectivity index (χ0v) is 24.6. The SMILES string of the molecule is C[NH2+]C1[C@H](C)OC(COC(=O)c2cc(N)ccc2O)[C@H](O)[C@@H]1CO[C@@H]1OC(COC(=O)c2cc(N)ccc2O)[C@H](O)[C@H](O)C1O. The Bertz CT molecular complexity index is 1350. The first-order valence-corrected chi connectivity index (χ1v) is 14.3. The highest BCUT2D eigenvalue weighted by Crippen LogP contribution is 2.29. The van der Waals surface area contributed by atoms with E-state index >= 15 is 0 Å². The minimum atomic E-state index is -1.74. The molecule has 10 atom stereocenters. The van der Waals surface area contributed by atoms with E-state index in [0.29, 0.717) is 0 Å². The zero-order valence-electron chi connectivity index (χ0n) is 24.6. The fraction of sp³-hybridized carbons (Fsp3) is 0.517. The Labute approximate surface area is 258 Å². The number of ether oxygens (including phenoxy) is 5. The van der Waals surface area contributed by atoms with Crippen LogP contribution in [0.3, 0.4) is 0 Å². The topological polar surface area (TPSA) is 270 Å². The van der Waals surface area contributed by atoms with E-state index in [1.54, 1.807) is 19.3 Å². The molecule has 4 rings (SSSR count). The number of likely N-dealkylation sites (N-methyl/N-ethyl adjacent to an activating group) is 1. The highest BCUT2D eigenvalue weighted by molar-refractivity contribution is 5.94. The summed E-state index contributed by atoms with van der Waals surface area (Å²) in [4.78, 5) is 25.1. The number of rotatable bonds is 10. The van der Waals surface area contributed by atoms with Crippen molar-refractivity contribution in [3.8, 4) is 11.5 Å². The average molecular weight is 639 g/mol. The molecule has 16 nitrogen and oxygen atoms in total. The standard InChI is InChI=1S/C29H39N3O13/c1-12-22(32-2)17(23(35)20(44-12)10-41-27(39)15-7-13(30)3-5-18(15)33)9-43-29-26(38)25(37)24(36)21(45-29)11-42-28(40)16-8-14(31)4-6-19(16)34/h3-8,12,17,20-26,29,32-38H,9-11,30-31H2,1-2H3/p+1/t12-,17+,20?,21?,22?,23+,24-,25-,26?,29+/m0/s1. The monoisotopic (exact) mass is 638 g/mol. The quantitative estimate of drug-likeness (QED) is 0.0735. The molecule has 16 heteroatoms. The van der Waals surface area contributed by atoms with Gasteiger partial charge in [0.1, 0.15) is 78.5 Å². The Kier molecular flexibility index (Phi) is 11.1. The van der Waals surface area contributed by atoms with Crippen LogP contribution in [0.5, 0.6) is 11.5 Å². The number of aliphatic hydroxyl groups is 4. The van der Waals surface area contributed by atoms with Gasteiger partial charge in [-0.05, 0) is 43.3 Å². The second kappa shape index (κ2) is 14.6. The molecule has 0 aromatic heterocycles. The van der Waals surface area contributed by atoms with Crippen LogP contribution in [0, 0.1) is 5.92 Å². The number of benzene rings is 2. The van der Waals surface area contributed by atoms with Gasteiger partial charge < -0.3 is 71.1 Å². The molecule has 0 bridgehead atoms. The molecule has 248 valence electrons. The van der Waals surface area contributed by atoms with Crippen molar-refractivity contribution < 1.29 is 69.2 Å². The highest BCUT2D eigenvalue weighted by atomic mass is 16.7. The molecule has 2 saturated heterocycles. The lowest BCUT2D eigenvalue weighted by Crippen LogP contribution is -2.93. The van der Waals surface area contributed by atoms with Crippen LogP contribution in [0.4, 0.5) is 11.4 Å². The van der Waals surface area contributed by atoms with Crippen LogP contribution < -0.4 is 16.8 Å². The summed E-state index contributed by atoms with van der Waals surface area (Å²) in [5, 5.41) is 64.4. The molecule has 2 aliphatic heterocycles. The van der Waals surface area contributed by atoms with Crippen molar-refractivity contribution in [2.24, 2.45) is 5.92 Å². The average Bonchev–Trinajstić information content (AvgIpc) is 3.01. The predicted octanol–water partition coefficient (Wildman–Crippen LogP) is -2.57. The van der Waals surface area contributed by atoms with Crippen LogP contribution in [-0.2, 0) is 23.7 Å². The van der Waals surface area contributed by atoms with Crippen LogP contribution in [0.25, 0.3) is 0 Å². The Morgan fingerprint density at radius 3 is 1.80 bits per heavy atom. The number of quaternary nitrogens is 1. The summed E-state index contributed by atoms with van der Waals surface area (Å²) in [5.74, 6) is -3.20. The zero-order chi connectivity index (χ0) is 33.0. The summed E-state index contributed by atoms with van der Waals surface area (Å²) in [6.45, 7) is 0.598. The lowest BCUT2D eigenvalue weighted by atomic mass is 9.85. The van der Waals surface area contributed by atoms with Crippen molar-refractivity contribution >= 4 is 23.3 Å². The summed E-state index contributed by atoms with van der Waals surface area (Å²) in [6, 6.07) is 7.38. The van der Waals surface area contributed by atoms with E-state index in [4.69, 9.17) is 35.2 Å². The van der Waals surface area contributed by atoms with Gasteiger partial charge in [0.05, 0.1) is 25.7 Å². The number of esters is 2. The number of carbonyl (C=O) groups excluding carboxylic acids is 2. The maximum absolute atomic E-state index is 12.6. The van der Waals surface area contributed by atoms with E-state index in [2.05, 4.69) is 0 Å². The van der Waals surface area contributed by atoms with Crippen molar-refractivity contribution in [2.45, 2.75) is 62.0 Å². The van der Waals surface area contributed by atoms with E-state index in [1.807, 2.05) is 0 Å². The fourth-order valence-electron chi connectivity index (χ4n) is 5.47. The van der Waals surface area contributed by atoms with Crippen LogP contribution in [0.2, 0.25) is 0 Å². The molecular formula is C29H40N3O13+. The third kappa shape index (κ3) is 7.74. The summed E-state index contributed by atoms with van der Waals surface area (Å²) in [5.41, 5.74) is 11.4. The van der Waals surface area contributed by atoms with Gasteiger partial charge in [0.15, 0.2) is 6.29 Å². The van der Waals surface area contributed by atoms with Gasteiger partial charge in [-0.2, -0.15) is 0 Å². The predicted molar refractivity (Wildman–Crippen MR) is 154 cm³/mol. The van der Waals surface area contributed by atoms with Gasteiger partial charge in [-0.15, -0.1) is 0 Å². The molecule has 0 saturated carbocycles. The van der Waals surface area contributed by atoms with Crippen LogP contribution in [0.15, 0.2) is 36.4 Å². The second-order valence-electron chi connectivity index (χ2n) is 11.0. The van der Waals surface area contributed by atoms with E-state index < -0.39 is 73.5 Å². The van der Waals surface area contributed by atoms with E-state index in [9.17, 15) is 40.2 Å². The number of hydrogen-bond donors (Lipinski definition) is 9. The molecule has 2 aromatic carbocycles. The maximum atomic E-state index is 12.6. The number of phenols is 2. The molecule has 0 aliphatic carbocycles. The van der Waals surface area contributed by atoms with Gasteiger partial charge in [0, 0.05) is 11.4 Å². The number of aromatic hydroxyl groups is 2. The van der Waals surface area contributed by atoms with Gasteiger partial charge in [-0.25, -0.2) is 9.59 Å². The smallest absolute Gasteiger partial charge is 0.342 e. The minimum Gasteiger partial charge on any atom is -0.507 e. The molecule has 2 heterocycles. The highest BCUT2D eigenvalue weighted by Gasteiger charge is 2.49. The largest absolute Gasteiger partial charge is 0.507 e. The van der Waals surface area contributed by atoms with Gasteiger partial charge in [0.25, 0.3) is 0 Å². The number of carbonyl (C=O) groups is 2. The summed E-state index contributed by atoms with van der Waals surface area (Å²) in [6.07, 6.45) is -10.6. The number of aliphatic hydroxyl groups excluding tert-OH is 4. The first-order chi connectivity index (χ1) is 21.3. The van der Waals surface area contributed by atoms with Gasteiger partial charge in [0.2, 0.25) is 0 Å². The number of anilines is 2. The first kappa shape index (κ1) is 34.1. The molecule has 12 N–H and O–H groups in total. The van der Waals surface area contributed by atoms with E-state index in [-0.39, 0.29) is 53.3 Å². The molecule has 0 radical (unpaired) electrons. The van der Waals surface area contributed by atoms with Crippen molar-refractivity contribution in [1.82, 2.24) is 0 Å². The Hall–Kier alpha value is -3.74. The third-order valence-electron chi connectivity index (χ3n) is 7.99. The van der Waals surface area contributed by atoms with E-state index in [0.717, 1.165) is 0 Å². The van der Waals surface area contributed by atoms with Crippen LogP contribution in [-0.4, -0.2) is 125 Å². The lowest BCUT2D eigenvalue weighted by molar-refractivity contribution is -0.685. The van der Waals surface area contributed by atoms with Crippen molar-refractivity contribution in [1.29, 1.82) is 0 Å². The molecule has 4 unspecified atom stereocenters. The van der Waals surface area contributed by atoms with Crippen LogP contribution in [0.1, 0.15) is 27.6 Å². The fourth-order valence-corrected chi connectivity index (χ4v) is 5.47. The first-order valence-electron chi connectivity index (χ1n) is 14.3.